The Labute approximate surface area is 150 Å². The first-order chi connectivity index (χ1) is 10.1. The van der Waals surface area contributed by atoms with Gasteiger partial charge < -0.3 is 9.47 Å². The highest BCUT2D eigenvalue weighted by atomic mass is 127. The monoisotopic (exact) mass is 506 g/mol. The first kappa shape index (κ1) is 16.3. The minimum absolute atomic E-state index is 0.192. The predicted molar refractivity (Wildman–Crippen MR) is 99.2 cm³/mol. The molecule has 0 saturated carbocycles. The molecule has 5 heteroatoms. The molecule has 21 heavy (non-hydrogen) atoms. The van der Waals surface area contributed by atoms with Crippen LogP contribution in [0, 0.1) is 7.14 Å². The Hall–Kier alpha value is -1.09. The summed E-state index contributed by atoms with van der Waals surface area (Å²) in [5, 5.41) is 0. The summed E-state index contributed by atoms with van der Waals surface area (Å²) in [6.07, 6.45) is 1.04. The van der Waals surface area contributed by atoms with E-state index in [-0.39, 0.29) is 6.61 Å². The molecule has 2 rings (SSSR count). The van der Waals surface area contributed by atoms with Gasteiger partial charge in [0.05, 0.1) is 7.14 Å². The van der Waals surface area contributed by atoms with Gasteiger partial charge in [-0.3, -0.25) is 0 Å². The first-order valence-corrected chi connectivity index (χ1v) is 8.26. The molecule has 0 N–H and O–H groups in total. The molecule has 0 aliphatic heterocycles. The van der Waals surface area contributed by atoms with Gasteiger partial charge in [-0.2, -0.15) is 0 Å². The standard InChI is InChI=1S/C16H12I2O3/c1-2-11-8-13(17)15(14(18)9-11)21-16(19)20-10-12-6-4-3-5-7-12/h2-9H,1,10H2. The maximum absolute atomic E-state index is 11.8. The zero-order chi connectivity index (χ0) is 15.2. The summed E-state index contributed by atoms with van der Waals surface area (Å²) < 4.78 is 12.1. The Kier molecular flexibility index (Phi) is 6.04. The van der Waals surface area contributed by atoms with Crippen LogP contribution in [-0.4, -0.2) is 6.16 Å². The molecule has 0 aliphatic carbocycles. The Bertz CT molecular complexity index is 631. The Balaban J connectivity index is 2.01. The molecule has 0 bridgehead atoms. The number of benzene rings is 2. The first-order valence-electron chi connectivity index (χ1n) is 6.10. The van der Waals surface area contributed by atoms with Crippen LogP contribution < -0.4 is 4.74 Å². The second kappa shape index (κ2) is 7.79. The number of carbonyl (C=O) groups excluding carboxylic acids is 1. The second-order valence-electron chi connectivity index (χ2n) is 4.14. The molecule has 0 aliphatic rings. The minimum atomic E-state index is -0.707. The van der Waals surface area contributed by atoms with Crippen molar-refractivity contribution in [3.63, 3.8) is 0 Å². The van der Waals surface area contributed by atoms with Gasteiger partial charge in [-0.25, -0.2) is 4.79 Å². The van der Waals surface area contributed by atoms with E-state index in [1.165, 1.54) is 0 Å². The largest absolute Gasteiger partial charge is 0.514 e. The number of halogens is 2. The van der Waals surface area contributed by atoms with E-state index >= 15 is 0 Å². The zero-order valence-electron chi connectivity index (χ0n) is 11.0. The molecule has 0 heterocycles. The van der Waals surface area contributed by atoms with Crippen molar-refractivity contribution in [3.8, 4) is 5.75 Å². The summed E-state index contributed by atoms with van der Waals surface area (Å²) in [5.41, 5.74) is 1.90. The van der Waals surface area contributed by atoms with Gasteiger partial charge in [-0.15, -0.1) is 0 Å². The van der Waals surface area contributed by atoms with E-state index in [4.69, 9.17) is 9.47 Å². The van der Waals surface area contributed by atoms with Crippen LogP contribution in [0.4, 0.5) is 4.79 Å². The third-order valence-electron chi connectivity index (χ3n) is 2.64. The van der Waals surface area contributed by atoms with Crippen molar-refractivity contribution < 1.29 is 14.3 Å². The van der Waals surface area contributed by atoms with Crippen LogP contribution in [0.3, 0.4) is 0 Å². The summed E-state index contributed by atoms with van der Waals surface area (Å²) in [6.45, 7) is 3.92. The molecule has 0 amide bonds. The maximum atomic E-state index is 11.8. The van der Waals surface area contributed by atoms with Gasteiger partial charge in [0.2, 0.25) is 0 Å². The average molecular weight is 506 g/mol. The van der Waals surface area contributed by atoms with E-state index in [0.717, 1.165) is 18.3 Å². The Morgan fingerprint density at radius 1 is 1.14 bits per heavy atom. The molecule has 0 radical (unpaired) electrons. The van der Waals surface area contributed by atoms with Gasteiger partial charge in [-0.05, 0) is 68.4 Å². The molecule has 0 fully saturated rings. The highest BCUT2D eigenvalue weighted by Crippen LogP contribution is 2.29. The molecule has 2 aromatic carbocycles. The molecule has 0 aromatic heterocycles. The average Bonchev–Trinajstić information content (AvgIpc) is 2.49. The van der Waals surface area contributed by atoms with Gasteiger partial charge >= 0.3 is 6.16 Å². The van der Waals surface area contributed by atoms with Crippen molar-refractivity contribution >= 4 is 57.4 Å². The molecule has 108 valence electrons. The summed E-state index contributed by atoms with van der Waals surface area (Å²) >= 11 is 4.25. The van der Waals surface area contributed by atoms with Crippen LogP contribution in [0.5, 0.6) is 5.75 Å². The van der Waals surface area contributed by atoms with Crippen molar-refractivity contribution in [2.75, 3.05) is 0 Å². The topological polar surface area (TPSA) is 35.5 Å². The van der Waals surface area contributed by atoms with Gasteiger partial charge in [0.25, 0.3) is 0 Å². The fraction of sp³-hybridized carbons (Fsp3) is 0.0625. The molecular weight excluding hydrogens is 494 g/mol. The molecule has 0 spiro atoms. The minimum Gasteiger partial charge on any atom is -0.429 e. The molecule has 0 saturated heterocycles. The van der Waals surface area contributed by atoms with Crippen molar-refractivity contribution in [2.45, 2.75) is 6.61 Å². The van der Waals surface area contributed by atoms with Crippen molar-refractivity contribution in [1.82, 2.24) is 0 Å². The molecule has 3 nitrogen and oxygen atoms in total. The number of carbonyl (C=O) groups is 1. The van der Waals surface area contributed by atoms with Crippen LogP contribution in [0.15, 0.2) is 49.0 Å². The predicted octanol–water partition coefficient (Wildman–Crippen LogP) is 5.25. The molecule has 2 aromatic rings. The van der Waals surface area contributed by atoms with Crippen molar-refractivity contribution in [2.24, 2.45) is 0 Å². The van der Waals surface area contributed by atoms with E-state index in [2.05, 4.69) is 51.8 Å². The third-order valence-corrected chi connectivity index (χ3v) is 4.24. The fourth-order valence-corrected chi connectivity index (χ4v) is 3.66. The Morgan fingerprint density at radius 2 is 1.76 bits per heavy atom. The van der Waals surface area contributed by atoms with Gasteiger partial charge in [-0.1, -0.05) is 43.0 Å². The molecular formula is C16H12I2O3. The van der Waals surface area contributed by atoms with E-state index in [1.807, 2.05) is 42.5 Å². The van der Waals surface area contributed by atoms with E-state index < -0.39 is 6.16 Å². The SMILES string of the molecule is C=Cc1cc(I)c(OC(=O)OCc2ccccc2)c(I)c1. The highest BCUT2D eigenvalue weighted by Gasteiger charge is 2.14. The summed E-state index contributed by atoms with van der Waals surface area (Å²) in [7, 11) is 0. The lowest BCUT2D eigenvalue weighted by Crippen LogP contribution is -2.12. The Morgan fingerprint density at radius 3 is 2.33 bits per heavy atom. The summed E-state index contributed by atoms with van der Waals surface area (Å²) in [4.78, 5) is 11.8. The fourth-order valence-electron chi connectivity index (χ4n) is 1.62. The van der Waals surface area contributed by atoms with Crippen LogP contribution in [0.2, 0.25) is 0 Å². The lowest BCUT2D eigenvalue weighted by molar-refractivity contribution is 0.0922. The van der Waals surface area contributed by atoms with E-state index in [9.17, 15) is 4.79 Å². The van der Waals surface area contributed by atoms with Crippen LogP contribution in [0.1, 0.15) is 11.1 Å². The van der Waals surface area contributed by atoms with Crippen LogP contribution in [0.25, 0.3) is 6.08 Å². The van der Waals surface area contributed by atoms with Gasteiger partial charge in [0.1, 0.15) is 6.61 Å². The smallest absolute Gasteiger partial charge is 0.429 e. The lowest BCUT2D eigenvalue weighted by Gasteiger charge is -2.10. The molecule has 0 unspecified atom stereocenters. The maximum Gasteiger partial charge on any atom is 0.514 e. The van der Waals surface area contributed by atoms with E-state index in [0.29, 0.717) is 5.75 Å². The normalized spacial score (nSPS) is 10.0. The van der Waals surface area contributed by atoms with Gasteiger partial charge in [0, 0.05) is 0 Å². The van der Waals surface area contributed by atoms with Gasteiger partial charge in [0.15, 0.2) is 5.75 Å². The van der Waals surface area contributed by atoms with Crippen molar-refractivity contribution in [1.29, 1.82) is 0 Å². The summed E-state index contributed by atoms with van der Waals surface area (Å²) in [6, 6.07) is 13.3. The zero-order valence-corrected chi connectivity index (χ0v) is 15.3. The lowest BCUT2D eigenvalue weighted by atomic mass is 10.2. The number of rotatable bonds is 4. The molecule has 0 atom stereocenters. The van der Waals surface area contributed by atoms with Crippen LogP contribution in [-0.2, 0) is 11.3 Å². The van der Waals surface area contributed by atoms with E-state index in [1.54, 1.807) is 6.08 Å². The number of ether oxygens (including phenoxy) is 2. The highest BCUT2D eigenvalue weighted by molar-refractivity contribution is 14.1. The summed E-state index contributed by atoms with van der Waals surface area (Å²) in [5.74, 6) is 0.514. The van der Waals surface area contributed by atoms with Crippen LogP contribution >= 0.6 is 45.2 Å². The quantitative estimate of drug-likeness (QED) is 0.323. The second-order valence-corrected chi connectivity index (χ2v) is 6.47. The third kappa shape index (κ3) is 4.70. The van der Waals surface area contributed by atoms with Crippen molar-refractivity contribution in [3.05, 3.63) is 67.3 Å². The number of hydrogen-bond donors (Lipinski definition) is 0. The number of hydrogen-bond acceptors (Lipinski definition) is 3.